The molecule has 0 aromatic heterocycles. The molecule has 0 radical (unpaired) electrons. The van der Waals surface area contributed by atoms with Gasteiger partial charge in [-0.1, -0.05) is 38.8 Å². The van der Waals surface area contributed by atoms with Gasteiger partial charge >= 0.3 is 0 Å². The quantitative estimate of drug-likeness (QED) is 0.453. The van der Waals surface area contributed by atoms with Crippen molar-refractivity contribution >= 4 is 28.9 Å². The van der Waals surface area contributed by atoms with Gasteiger partial charge < -0.3 is 10.1 Å². The molecule has 0 atom stereocenters. The Labute approximate surface area is 167 Å². The largest absolute Gasteiger partial charge is 0.494 e. The number of carbonyl (C=O) groups is 1. The lowest BCUT2D eigenvalue weighted by Crippen LogP contribution is -2.34. The molecule has 144 valence electrons. The number of amides is 1. The van der Waals surface area contributed by atoms with Crippen molar-refractivity contribution in [3.05, 3.63) is 59.7 Å². The van der Waals surface area contributed by atoms with Crippen LogP contribution in [0.15, 0.2) is 48.5 Å². The van der Waals surface area contributed by atoms with Crippen molar-refractivity contribution < 1.29 is 9.53 Å². The second-order valence-electron chi connectivity index (χ2n) is 6.44. The molecule has 0 aliphatic rings. The molecule has 0 unspecified atom stereocenters. The van der Waals surface area contributed by atoms with Gasteiger partial charge in [0.05, 0.1) is 6.61 Å². The second kappa shape index (κ2) is 11.3. The number of ether oxygens (including phenoxy) is 1. The monoisotopic (exact) mass is 384 g/mol. The summed E-state index contributed by atoms with van der Waals surface area (Å²) in [7, 11) is 0. The second-order valence-corrected chi connectivity index (χ2v) is 6.84. The van der Waals surface area contributed by atoms with Gasteiger partial charge in [-0.25, -0.2) is 0 Å². The van der Waals surface area contributed by atoms with Gasteiger partial charge in [-0.15, -0.1) is 0 Å². The first-order valence-corrected chi connectivity index (χ1v) is 9.97. The van der Waals surface area contributed by atoms with E-state index in [-0.39, 0.29) is 11.0 Å². The fourth-order valence-corrected chi connectivity index (χ4v) is 2.72. The van der Waals surface area contributed by atoms with Crippen LogP contribution in [0.5, 0.6) is 5.75 Å². The summed E-state index contributed by atoms with van der Waals surface area (Å²) in [5, 5.41) is 6.03. The molecule has 0 fully saturated rings. The highest BCUT2D eigenvalue weighted by Crippen LogP contribution is 2.14. The summed E-state index contributed by atoms with van der Waals surface area (Å²) < 4.78 is 5.61. The maximum Gasteiger partial charge on any atom is 0.257 e. The van der Waals surface area contributed by atoms with E-state index >= 15 is 0 Å². The third-order valence-electron chi connectivity index (χ3n) is 4.14. The highest BCUT2D eigenvalue weighted by molar-refractivity contribution is 7.80. The number of nitrogens with one attached hydrogen (secondary N) is 2. The molecule has 0 aliphatic carbocycles. The van der Waals surface area contributed by atoms with E-state index in [0.717, 1.165) is 30.7 Å². The van der Waals surface area contributed by atoms with Gasteiger partial charge in [0.2, 0.25) is 0 Å². The van der Waals surface area contributed by atoms with E-state index in [2.05, 4.69) is 36.6 Å². The SMILES string of the molecule is CCCCOc1ccc(C(=O)NC(=S)Nc2ccc(CCCC)cc2)cc1. The van der Waals surface area contributed by atoms with Crippen LogP contribution in [0.1, 0.15) is 55.5 Å². The molecule has 0 saturated heterocycles. The molecule has 2 aromatic rings. The highest BCUT2D eigenvalue weighted by Gasteiger charge is 2.08. The van der Waals surface area contributed by atoms with Gasteiger partial charge in [-0.2, -0.15) is 0 Å². The predicted molar refractivity (Wildman–Crippen MR) is 116 cm³/mol. The smallest absolute Gasteiger partial charge is 0.257 e. The van der Waals surface area contributed by atoms with Crippen LogP contribution in [0.4, 0.5) is 5.69 Å². The zero-order chi connectivity index (χ0) is 19.5. The average Bonchev–Trinajstić information content (AvgIpc) is 2.68. The first kappa shape index (κ1) is 20.9. The van der Waals surface area contributed by atoms with Gasteiger partial charge in [0.25, 0.3) is 5.91 Å². The number of aryl methyl sites for hydroxylation is 1. The molecule has 0 spiro atoms. The first-order chi connectivity index (χ1) is 13.1. The summed E-state index contributed by atoms with van der Waals surface area (Å²) in [5.74, 6) is 0.524. The number of thiocarbonyl (C=S) groups is 1. The molecular formula is C22H28N2O2S. The summed E-state index contributed by atoms with van der Waals surface area (Å²) in [6.07, 6.45) is 5.55. The Morgan fingerprint density at radius 2 is 1.63 bits per heavy atom. The third kappa shape index (κ3) is 7.39. The minimum absolute atomic E-state index is 0.243. The lowest BCUT2D eigenvalue weighted by molar-refractivity contribution is 0.0977. The summed E-state index contributed by atoms with van der Waals surface area (Å²) >= 11 is 5.24. The summed E-state index contributed by atoms with van der Waals surface area (Å²) in [5.41, 5.74) is 2.70. The summed E-state index contributed by atoms with van der Waals surface area (Å²) in [6, 6.07) is 15.2. The fraction of sp³-hybridized carbons (Fsp3) is 0.364. The molecule has 5 heteroatoms. The van der Waals surface area contributed by atoms with Gasteiger partial charge in [-0.05, 0) is 73.4 Å². The van der Waals surface area contributed by atoms with E-state index in [4.69, 9.17) is 17.0 Å². The molecule has 0 heterocycles. The maximum absolute atomic E-state index is 12.3. The van der Waals surface area contributed by atoms with Gasteiger partial charge in [0.1, 0.15) is 5.75 Å². The number of hydrogen-bond acceptors (Lipinski definition) is 3. The van der Waals surface area contributed by atoms with Gasteiger partial charge in [0.15, 0.2) is 5.11 Å². The van der Waals surface area contributed by atoms with Crippen LogP contribution < -0.4 is 15.4 Å². The van der Waals surface area contributed by atoms with Crippen LogP contribution in [0.25, 0.3) is 0 Å². The van der Waals surface area contributed by atoms with Crippen LogP contribution in [0, 0.1) is 0 Å². The number of benzene rings is 2. The van der Waals surface area contributed by atoms with Gasteiger partial charge in [0, 0.05) is 11.3 Å². The Kier molecular flexibility index (Phi) is 8.78. The molecule has 27 heavy (non-hydrogen) atoms. The van der Waals surface area contributed by atoms with Crippen LogP contribution in [-0.4, -0.2) is 17.6 Å². The number of anilines is 1. The maximum atomic E-state index is 12.3. The Morgan fingerprint density at radius 1 is 0.963 bits per heavy atom. The standard InChI is InChI=1S/C22H28N2O2S/c1-3-5-7-17-8-12-19(13-9-17)23-22(27)24-21(25)18-10-14-20(15-11-18)26-16-6-4-2/h8-15H,3-7,16H2,1-2H3,(H2,23,24,25,27). The molecule has 4 nitrogen and oxygen atoms in total. The zero-order valence-electron chi connectivity index (χ0n) is 16.1. The highest BCUT2D eigenvalue weighted by atomic mass is 32.1. The van der Waals surface area contributed by atoms with E-state index in [0.29, 0.717) is 12.2 Å². The van der Waals surface area contributed by atoms with E-state index in [9.17, 15) is 4.79 Å². The van der Waals surface area contributed by atoms with Crippen LogP contribution >= 0.6 is 12.2 Å². The molecule has 0 saturated carbocycles. The summed E-state index contributed by atoms with van der Waals surface area (Å²) in [4.78, 5) is 12.3. The lowest BCUT2D eigenvalue weighted by Gasteiger charge is -2.11. The third-order valence-corrected chi connectivity index (χ3v) is 4.35. The van der Waals surface area contributed by atoms with E-state index in [1.807, 2.05) is 12.1 Å². The van der Waals surface area contributed by atoms with E-state index in [1.54, 1.807) is 24.3 Å². The minimum atomic E-state index is -0.243. The predicted octanol–water partition coefficient (Wildman–Crippen LogP) is 5.33. The van der Waals surface area contributed by atoms with Crippen molar-refractivity contribution in [2.24, 2.45) is 0 Å². The van der Waals surface area contributed by atoms with Crippen LogP contribution in [-0.2, 0) is 6.42 Å². The van der Waals surface area contributed by atoms with E-state index in [1.165, 1.54) is 18.4 Å². The van der Waals surface area contributed by atoms with Crippen molar-refractivity contribution in [1.29, 1.82) is 0 Å². The number of unbranched alkanes of at least 4 members (excludes halogenated alkanes) is 2. The molecular weight excluding hydrogens is 356 g/mol. The van der Waals surface area contributed by atoms with Crippen LogP contribution in [0.3, 0.4) is 0 Å². The van der Waals surface area contributed by atoms with Crippen molar-refractivity contribution in [3.63, 3.8) is 0 Å². The number of rotatable bonds is 9. The molecule has 0 bridgehead atoms. The normalized spacial score (nSPS) is 10.3. The lowest BCUT2D eigenvalue weighted by atomic mass is 10.1. The number of hydrogen-bond donors (Lipinski definition) is 2. The molecule has 0 aliphatic heterocycles. The van der Waals surface area contributed by atoms with Crippen molar-refractivity contribution in [2.45, 2.75) is 46.0 Å². The Morgan fingerprint density at radius 3 is 2.26 bits per heavy atom. The van der Waals surface area contributed by atoms with Gasteiger partial charge in [-0.3, -0.25) is 10.1 Å². The Bertz CT molecular complexity index is 727. The molecule has 2 aromatic carbocycles. The minimum Gasteiger partial charge on any atom is -0.494 e. The number of carbonyl (C=O) groups excluding carboxylic acids is 1. The molecule has 1 amide bonds. The first-order valence-electron chi connectivity index (χ1n) is 9.56. The molecule has 2 N–H and O–H groups in total. The topological polar surface area (TPSA) is 50.4 Å². The van der Waals surface area contributed by atoms with Crippen LogP contribution in [0.2, 0.25) is 0 Å². The Hall–Kier alpha value is -2.40. The average molecular weight is 385 g/mol. The van der Waals surface area contributed by atoms with Crippen molar-refractivity contribution in [2.75, 3.05) is 11.9 Å². The van der Waals surface area contributed by atoms with Crippen molar-refractivity contribution in [1.82, 2.24) is 5.32 Å². The van der Waals surface area contributed by atoms with E-state index < -0.39 is 0 Å². The summed E-state index contributed by atoms with van der Waals surface area (Å²) in [6.45, 7) is 4.99. The zero-order valence-corrected chi connectivity index (χ0v) is 16.9. The fourth-order valence-electron chi connectivity index (χ4n) is 2.51. The Balaban J connectivity index is 1.83. The van der Waals surface area contributed by atoms with Crippen molar-refractivity contribution in [3.8, 4) is 5.75 Å². The molecule has 2 rings (SSSR count).